The molecule has 2 fully saturated rings. The van der Waals surface area contributed by atoms with Crippen molar-refractivity contribution >= 4 is 33.0 Å². The van der Waals surface area contributed by atoms with Gasteiger partial charge in [0.25, 0.3) is 0 Å². The molecular weight excluding hydrogens is 510 g/mol. The van der Waals surface area contributed by atoms with Gasteiger partial charge in [0.15, 0.2) is 12.0 Å². The summed E-state index contributed by atoms with van der Waals surface area (Å²) in [5.74, 6) is -3.89. The molecule has 0 amide bonds. The van der Waals surface area contributed by atoms with Crippen LogP contribution >= 0.6 is 0 Å². The standard InChI is InChI=1S/C16H23NO13S3/c1-15(2)27-13-12(29-32(21)22)11(28-31(19)20)9-25-16(13,30-15)14(18)17-33(23,24)26-8-10-6-4-3-5-7-10/h3-7,11-14,17-18H,8-9H2,1-2H3,(H,19,20)(H,21,22)/p-2/t11-,12-,13+,14?,16-/m1/s1. The minimum atomic E-state index is -4.59. The quantitative estimate of drug-likeness (QED) is 0.264. The van der Waals surface area contributed by atoms with Gasteiger partial charge in [0, 0.05) is 0 Å². The van der Waals surface area contributed by atoms with Gasteiger partial charge in [-0.1, -0.05) is 30.3 Å². The maximum atomic E-state index is 12.4. The number of fused-ring (bicyclic) bond motifs is 1. The van der Waals surface area contributed by atoms with Crippen molar-refractivity contribution in [2.45, 2.75) is 56.6 Å². The lowest BCUT2D eigenvalue weighted by Gasteiger charge is -2.45. The first kappa shape index (κ1) is 26.7. The number of aliphatic hydroxyl groups excluding tert-OH is 1. The summed E-state index contributed by atoms with van der Waals surface area (Å²) in [5, 5.41) is 10.7. The Morgan fingerprint density at radius 1 is 1.21 bits per heavy atom. The van der Waals surface area contributed by atoms with E-state index in [0.717, 1.165) is 0 Å². The fourth-order valence-electron chi connectivity index (χ4n) is 3.41. The van der Waals surface area contributed by atoms with Crippen LogP contribution in [0.1, 0.15) is 19.4 Å². The Morgan fingerprint density at radius 3 is 2.45 bits per heavy atom. The molecule has 0 bridgehead atoms. The minimum absolute atomic E-state index is 0.352. The number of nitrogens with one attached hydrogen (secondary N) is 1. The molecule has 14 nitrogen and oxygen atoms in total. The summed E-state index contributed by atoms with van der Waals surface area (Å²) in [6.07, 6.45) is -7.06. The first-order chi connectivity index (χ1) is 15.3. The molecule has 3 rings (SSSR count). The summed E-state index contributed by atoms with van der Waals surface area (Å²) in [6, 6.07) is 8.31. The van der Waals surface area contributed by atoms with Crippen LogP contribution in [0.15, 0.2) is 30.3 Å². The minimum Gasteiger partial charge on any atom is -0.750 e. The molecule has 2 saturated heterocycles. The molecule has 0 radical (unpaired) electrons. The second-order valence-electron chi connectivity index (χ2n) is 7.40. The summed E-state index contributed by atoms with van der Waals surface area (Å²) >= 11 is -6.26. The third-order valence-corrected chi connectivity index (χ3v) is 6.33. The van der Waals surface area contributed by atoms with E-state index in [1.54, 1.807) is 30.3 Å². The van der Waals surface area contributed by atoms with Crippen molar-refractivity contribution in [1.82, 2.24) is 4.72 Å². The molecule has 0 aromatic heterocycles. The summed E-state index contributed by atoms with van der Waals surface area (Å²) in [6.45, 7) is 1.72. The van der Waals surface area contributed by atoms with Crippen LogP contribution in [0.5, 0.6) is 0 Å². The third kappa shape index (κ3) is 6.60. The average Bonchev–Trinajstić information content (AvgIpc) is 3.00. The lowest BCUT2D eigenvalue weighted by Crippen LogP contribution is -2.68. The highest BCUT2D eigenvalue weighted by molar-refractivity contribution is 7.84. The summed E-state index contributed by atoms with van der Waals surface area (Å²) in [7, 11) is -4.59. The maximum absolute atomic E-state index is 12.4. The Morgan fingerprint density at radius 2 is 1.85 bits per heavy atom. The molecule has 1 aromatic carbocycles. The molecule has 17 heteroatoms. The van der Waals surface area contributed by atoms with Crippen molar-refractivity contribution in [2.75, 3.05) is 6.61 Å². The van der Waals surface area contributed by atoms with Crippen molar-refractivity contribution in [3.63, 3.8) is 0 Å². The number of ether oxygens (including phenoxy) is 3. The van der Waals surface area contributed by atoms with Crippen LogP contribution in [0, 0.1) is 0 Å². The molecule has 2 aliphatic rings. The molecule has 0 saturated carbocycles. The van der Waals surface area contributed by atoms with E-state index in [9.17, 15) is 31.0 Å². The van der Waals surface area contributed by atoms with E-state index in [2.05, 4.69) is 4.18 Å². The Kier molecular flexibility index (Phi) is 8.37. The van der Waals surface area contributed by atoms with Crippen LogP contribution in [-0.4, -0.2) is 73.8 Å². The number of benzene rings is 1. The van der Waals surface area contributed by atoms with Gasteiger partial charge >= 0.3 is 10.3 Å². The molecule has 0 spiro atoms. The molecule has 2 heterocycles. The zero-order valence-corrected chi connectivity index (χ0v) is 19.6. The van der Waals surface area contributed by atoms with E-state index in [4.69, 9.17) is 22.6 Å². The predicted octanol–water partition coefficient (Wildman–Crippen LogP) is -1.41. The Labute approximate surface area is 194 Å². The van der Waals surface area contributed by atoms with Crippen LogP contribution in [0.3, 0.4) is 0 Å². The number of hydrogen-bond donors (Lipinski definition) is 2. The van der Waals surface area contributed by atoms with E-state index >= 15 is 0 Å². The summed E-state index contributed by atoms with van der Waals surface area (Å²) in [5.41, 5.74) is 0.529. The Bertz CT molecular complexity index is 975. The molecule has 1 aromatic rings. The molecule has 188 valence electrons. The van der Waals surface area contributed by atoms with Crippen molar-refractivity contribution < 1.29 is 57.8 Å². The van der Waals surface area contributed by atoms with E-state index in [-0.39, 0.29) is 6.61 Å². The van der Waals surface area contributed by atoms with Gasteiger partial charge in [0.1, 0.15) is 18.3 Å². The topological polar surface area (TPSA) is 202 Å². The summed E-state index contributed by atoms with van der Waals surface area (Å²) < 4.78 is 102. The number of aliphatic hydroxyl groups is 1. The smallest absolute Gasteiger partial charge is 0.338 e. The first-order valence-corrected chi connectivity index (χ1v) is 12.7. The highest BCUT2D eigenvalue weighted by Crippen LogP contribution is 2.45. The molecular formula is C16H21NO13S3-2. The monoisotopic (exact) mass is 531 g/mol. The highest BCUT2D eigenvalue weighted by atomic mass is 32.2. The van der Waals surface area contributed by atoms with Crippen LogP contribution in [-0.2, 0) is 66.4 Å². The first-order valence-electron chi connectivity index (χ1n) is 9.27. The van der Waals surface area contributed by atoms with E-state index in [0.29, 0.717) is 5.56 Å². The Balaban J connectivity index is 1.83. The van der Waals surface area contributed by atoms with Gasteiger partial charge in [-0.25, -0.2) is 8.42 Å². The predicted molar refractivity (Wildman–Crippen MR) is 106 cm³/mol. The Hall–Kier alpha value is -0.930. The van der Waals surface area contributed by atoms with Gasteiger partial charge < -0.3 is 28.4 Å². The normalized spacial score (nSPS) is 32.1. The van der Waals surface area contributed by atoms with Gasteiger partial charge in [-0.05, 0) is 19.4 Å². The second kappa shape index (κ2) is 10.4. The number of hydrogen-bond acceptors (Lipinski definition) is 13. The lowest BCUT2D eigenvalue weighted by molar-refractivity contribution is -0.324. The van der Waals surface area contributed by atoms with Gasteiger partial charge in [-0.15, -0.1) is 0 Å². The van der Waals surface area contributed by atoms with Crippen LogP contribution in [0.25, 0.3) is 0 Å². The van der Waals surface area contributed by atoms with E-state index in [1.807, 2.05) is 4.72 Å². The largest absolute Gasteiger partial charge is 0.750 e. The third-order valence-electron chi connectivity index (χ3n) is 4.60. The van der Waals surface area contributed by atoms with E-state index in [1.165, 1.54) is 13.8 Å². The van der Waals surface area contributed by atoms with Gasteiger partial charge in [-0.2, -0.15) is 13.1 Å². The fourth-order valence-corrected chi connectivity index (χ4v) is 4.98. The fraction of sp³-hybridized carbons (Fsp3) is 0.625. The van der Waals surface area contributed by atoms with Crippen molar-refractivity contribution in [3.8, 4) is 0 Å². The molecule has 2 N–H and O–H groups in total. The summed E-state index contributed by atoms with van der Waals surface area (Å²) in [4.78, 5) is 0. The zero-order chi connectivity index (χ0) is 24.4. The second-order valence-corrected chi connectivity index (χ2v) is 9.98. The van der Waals surface area contributed by atoms with Crippen LogP contribution in [0.2, 0.25) is 0 Å². The SMILES string of the molecule is CC1(C)O[C@H]2[C@H](OS(=O)[O-])[C@H](OS(=O)[O-])CO[C@@]2(C(O)NS(=O)(=O)OCc2ccccc2)O1. The van der Waals surface area contributed by atoms with Gasteiger partial charge in [0.2, 0.25) is 5.79 Å². The zero-order valence-electron chi connectivity index (χ0n) is 17.2. The van der Waals surface area contributed by atoms with Gasteiger partial charge in [-0.3, -0.25) is 12.5 Å². The van der Waals surface area contributed by atoms with Crippen molar-refractivity contribution in [2.24, 2.45) is 0 Å². The maximum Gasteiger partial charge on any atom is 0.338 e. The van der Waals surface area contributed by atoms with Crippen LogP contribution < -0.4 is 4.72 Å². The molecule has 33 heavy (non-hydrogen) atoms. The highest BCUT2D eigenvalue weighted by Gasteiger charge is 2.66. The molecule has 3 unspecified atom stereocenters. The van der Waals surface area contributed by atoms with Crippen molar-refractivity contribution in [3.05, 3.63) is 35.9 Å². The molecule has 7 atom stereocenters. The lowest BCUT2D eigenvalue weighted by atomic mass is 9.96. The van der Waals surface area contributed by atoms with E-state index < -0.39 is 75.7 Å². The van der Waals surface area contributed by atoms with Crippen molar-refractivity contribution in [1.29, 1.82) is 0 Å². The molecule has 2 aliphatic heterocycles. The average molecular weight is 532 g/mol. The number of rotatable bonds is 10. The van der Waals surface area contributed by atoms with Gasteiger partial charge in [0.05, 0.1) is 35.9 Å². The molecule has 0 aliphatic carbocycles. The van der Waals surface area contributed by atoms with Crippen LogP contribution in [0.4, 0.5) is 0 Å².